The molecule has 0 aliphatic carbocycles. The van der Waals surface area contributed by atoms with E-state index in [2.05, 4.69) is 10.2 Å². The van der Waals surface area contributed by atoms with Crippen molar-refractivity contribution in [3.63, 3.8) is 0 Å². The lowest BCUT2D eigenvalue weighted by atomic mass is 10.3. The van der Waals surface area contributed by atoms with Crippen LogP contribution in [0.2, 0.25) is 0 Å². The SMILES string of the molecule is CC(C)n1c(COc2ccccc2)nnc1S(N)(=O)=O. The Morgan fingerprint density at radius 2 is 1.90 bits per heavy atom. The van der Waals surface area contributed by atoms with Gasteiger partial charge in [0.25, 0.3) is 15.2 Å². The third kappa shape index (κ3) is 3.14. The Morgan fingerprint density at radius 3 is 2.45 bits per heavy atom. The van der Waals surface area contributed by atoms with Gasteiger partial charge in [0.2, 0.25) is 0 Å². The van der Waals surface area contributed by atoms with Crippen molar-refractivity contribution in [1.82, 2.24) is 14.8 Å². The van der Waals surface area contributed by atoms with Crippen molar-refractivity contribution in [2.75, 3.05) is 0 Å². The van der Waals surface area contributed by atoms with Crippen LogP contribution in [-0.4, -0.2) is 23.2 Å². The van der Waals surface area contributed by atoms with Crippen LogP contribution in [0.1, 0.15) is 25.7 Å². The average molecular weight is 296 g/mol. The molecule has 0 saturated carbocycles. The number of rotatable bonds is 5. The van der Waals surface area contributed by atoms with Crippen molar-refractivity contribution in [2.24, 2.45) is 5.14 Å². The molecule has 1 aromatic carbocycles. The smallest absolute Gasteiger partial charge is 0.273 e. The molecule has 20 heavy (non-hydrogen) atoms. The van der Waals surface area contributed by atoms with Crippen LogP contribution in [0.4, 0.5) is 0 Å². The van der Waals surface area contributed by atoms with E-state index < -0.39 is 10.0 Å². The van der Waals surface area contributed by atoms with Crippen molar-refractivity contribution < 1.29 is 13.2 Å². The molecule has 0 bridgehead atoms. The highest BCUT2D eigenvalue weighted by Gasteiger charge is 2.23. The molecule has 0 unspecified atom stereocenters. The number of benzene rings is 1. The highest BCUT2D eigenvalue weighted by Crippen LogP contribution is 2.17. The second kappa shape index (κ2) is 5.59. The summed E-state index contributed by atoms with van der Waals surface area (Å²) in [6.45, 7) is 3.76. The molecule has 0 spiro atoms. The first-order valence-electron chi connectivity index (χ1n) is 6.04. The minimum atomic E-state index is -3.91. The second-order valence-electron chi connectivity index (χ2n) is 4.51. The van der Waals surface area contributed by atoms with Gasteiger partial charge in [0.1, 0.15) is 12.4 Å². The summed E-state index contributed by atoms with van der Waals surface area (Å²) in [7, 11) is -3.91. The van der Waals surface area contributed by atoms with Crippen LogP contribution in [0.5, 0.6) is 5.75 Å². The number of nitrogens with zero attached hydrogens (tertiary/aromatic N) is 3. The number of nitrogens with two attached hydrogens (primary N) is 1. The van der Waals surface area contributed by atoms with Gasteiger partial charge in [-0.05, 0) is 26.0 Å². The van der Waals surface area contributed by atoms with Gasteiger partial charge in [0.05, 0.1) is 0 Å². The lowest BCUT2D eigenvalue weighted by Gasteiger charge is -2.13. The standard InChI is InChI=1S/C12H16N4O3S/c1-9(2)16-11(14-15-12(16)20(13,17)18)8-19-10-6-4-3-5-7-10/h3-7,9H,8H2,1-2H3,(H2,13,17,18). The first kappa shape index (κ1) is 14.5. The number of primary sulfonamides is 1. The Hall–Kier alpha value is -1.93. The van der Waals surface area contributed by atoms with Crippen molar-refractivity contribution in [1.29, 1.82) is 0 Å². The number of ether oxygens (including phenoxy) is 1. The number of sulfonamides is 1. The lowest BCUT2D eigenvalue weighted by molar-refractivity contribution is 0.284. The molecule has 2 rings (SSSR count). The summed E-state index contributed by atoms with van der Waals surface area (Å²) < 4.78 is 29.9. The van der Waals surface area contributed by atoms with Gasteiger partial charge >= 0.3 is 0 Å². The molecule has 7 nitrogen and oxygen atoms in total. The quantitative estimate of drug-likeness (QED) is 0.890. The van der Waals surface area contributed by atoms with E-state index in [0.717, 1.165) is 0 Å². The molecule has 8 heteroatoms. The predicted octanol–water partition coefficient (Wildman–Crippen LogP) is 1.09. The molecule has 2 aromatic rings. The van der Waals surface area contributed by atoms with Crippen molar-refractivity contribution in [3.8, 4) is 5.75 Å². The number of para-hydroxylation sites is 1. The summed E-state index contributed by atoms with van der Waals surface area (Å²) in [5.74, 6) is 1.08. The summed E-state index contributed by atoms with van der Waals surface area (Å²) in [5, 5.41) is 12.4. The summed E-state index contributed by atoms with van der Waals surface area (Å²) >= 11 is 0. The van der Waals surface area contributed by atoms with E-state index >= 15 is 0 Å². The zero-order chi connectivity index (χ0) is 14.8. The molecule has 2 N–H and O–H groups in total. The fourth-order valence-corrected chi connectivity index (χ4v) is 2.53. The highest BCUT2D eigenvalue weighted by atomic mass is 32.2. The van der Waals surface area contributed by atoms with Gasteiger partial charge in [0.15, 0.2) is 5.82 Å². The van der Waals surface area contributed by atoms with Gasteiger partial charge in [-0.3, -0.25) is 4.57 Å². The molecule has 0 fully saturated rings. The molecule has 0 amide bonds. The number of hydrogen-bond acceptors (Lipinski definition) is 5. The Balaban J connectivity index is 2.27. The largest absolute Gasteiger partial charge is 0.486 e. The van der Waals surface area contributed by atoms with Crippen LogP contribution in [0.25, 0.3) is 0 Å². The van der Waals surface area contributed by atoms with Crippen LogP contribution in [0.3, 0.4) is 0 Å². The van der Waals surface area contributed by atoms with Crippen molar-refractivity contribution in [3.05, 3.63) is 36.2 Å². The highest BCUT2D eigenvalue weighted by molar-refractivity contribution is 7.89. The molecular formula is C12H16N4O3S. The fourth-order valence-electron chi connectivity index (χ4n) is 1.78. The van der Waals surface area contributed by atoms with Crippen molar-refractivity contribution >= 4 is 10.0 Å². The third-order valence-corrected chi connectivity index (χ3v) is 3.40. The van der Waals surface area contributed by atoms with Crippen LogP contribution in [0.15, 0.2) is 35.5 Å². The summed E-state index contributed by atoms with van der Waals surface area (Å²) in [4.78, 5) is 0. The van der Waals surface area contributed by atoms with E-state index in [1.807, 2.05) is 32.0 Å². The van der Waals surface area contributed by atoms with E-state index in [9.17, 15) is 8.42 Å². The van der Waals surface area contributed by atoms with Crippen molar-refractivity contribution in [2.45, 2.75) is 31.7 Å². The fraction of sp³-hybridized carbons (Fsp3) is 0.333. The van der Waals surface area contributed by atoms with Gasteiger partial charge in [-0.1, -0.05) is 18.2 Å². The Kier molecular flexibility index (Phi) is 4.05. The molecule has 0 saturated heterocycles. The summed E-state index contributed by atoms with van der Waals surface area (Å²) in [5.41, 5.74) is 0. The van der Waals surface area contributed by atoms with Crippen LogP contribution in [0, 0.1) is 0 Å². The lowest BCUT2D eigenvalue weighted by Crippen LogP contribution is -2.21. The minimum absolute atomic E-state index is 0.116. The topological polar surface area (TPSA) is 100 Å². The van der Waals surface area contributed by atoms with Gasteiger partial charge < -0.3 is 4.74 Å². The van der Waals surface area contributed by atoms with E-state index in [-0.39, 0.29) is 17.8 Å². The molecule has 1 heterocycles. The Labute approximate surface area is 117 Å². The predicted molar refractivity (Wildman–Crippen MR) is 72.6 cm³/mol. The first-order chi connectivity index (χ1) is 9.39. The molecule has 0 atom stereocenters. The third-order valence-electron chi connectivity index (χ3n) is 2.62. The van der Waals surface area contributed by atoms with Gasteiger partial charge in [0, 0.05) is 6.04 Å². The van der Waals surface area contributed by atoms with Crippen LogP contribution < -0.4 is 9.88 Å². The maximum absolute atomic E-state index is 11.5. The molecule has 0 aliphatic rings. The van der Waals surface area contributed by atoms with Gasteiger partial charge in [-0.15, -0.1) is 10.2 Å². The molecule has 1 aromatic heterocycles. The number of hydrogen-bond donors (Lipinski definition) is 1. The van der Waals surface area contributed by atoms with E-state index in [4.69, 9.17) is 9.88 Å². The summed E-state index contributed by atoms with van der Waals surface area (Å²) in [6.07, 6.45) is 0. The monoisotopic (exact) mass is 296 g/mol. The zero-order valence-electron chi connectivity index (χ0n) is 11.2. The van der Waals surface area contributed by atoms with Crippen LogP contribution >= 0.6 is 0 Å². The average Bonchev–Trinajstić information content (AvgIpc) is 2.81. The van der Waals surface area contributed by atoms with Gasteiger partial charge in [-0.2, -0.15) is 0 Å². The minimum Gasteiger partial charge on any atom is -0.486 e. The second-order valence-corrected chi connectivity index (χ2v) is 5.96. The normalized spacial score (nSPS) is 11.8. The Morgan fingerprint density at radius 1 is 1.25 bits per heavy atom. The summed E-state index contributed by atoms with van der Waals surface area (Å²) in [6, 6.07) is 9.03. The molecule has 0 aliphatic heterocycles. The van der Waals surface area contributed by atoms with Gasteiger partial charge in [-0.25, -0.2) is 13.6 Å². The van der Waals surface area contributed by atoms with Crippen LogP contribution in [-0.2, 0) is 16.6 Å². The molecule has 108 valence electrons. The Bertz CT molecular complexity index is 680. The number of aromatic nitrogens is 3. The van der Waals surface area contributed by atoms with E-state index in [1.165, 1.54) is 4.57 Å². The van der Waals surface area contributed by atoms with E-state index in [1.54, 1.807) is 12.1 Å². The maximum atomic E-state index is 11.5. The zero-order valence-corrected chi connectivity index (χ0v) is 12.0. The molecular weight excluding hydrogens is 280 g/mol. The molecule has 0 radical (unpaired) electrons. The van der Waals surface area contributed by atoms with E-state index in [0.29, 0.717) is 11.6 Å². The maximum Gasteiger partial charge on any atom is 0.273 e. The first-order valence-corrected chi connectivity index (χ1v) is 7.58.